The first-order chi connectivity index (χ1) is 11.3. The molecule has 5 heteroatoms. The molecule has 0 amide bonds. The van der Waals surface area contributed by atoms with Crippen LogP contribution in [0.3, 0.4) is 0 Å². The third-order valence-corrected chi connectivity index (χ3v) is 3.76. The highest BCUT2D eigenvalue weighted by atomic mass is 16.5. The van der Waals surface area contributed by atoms with Crippen molar-refractivity contribution in [2.24, 2.45) is 0 Å². The summed E-state index contributed by atoms with van der Waals surface area (Å²) in [6.07, 6.45) is 1.75. The molecule has 0 atom stereocenters. The zero-order valence-electron chi connectivity index (χ0n) is 12.2. The number of aromatic nitrogens is 3. The molecule has 2 heterocycles. The van der Waals surface area contributed by atoms with E-state index in [1.165, 1.54) is 4.57 Å². The van der Waals surface area contributed by atoms with Crippen LogP contribution in [0.25, 0.3) is 22.3 Å². The first-order valence-electron chi connectivity index (χ1n) is 7.27. The Kier molecular flexibility index (Phi) is 3.24. The van der Waals surface area contributed by atoms with E-state index in [2.05, 4.69) is 10.1 Å². The van der Waals surface area contributed by atoms with E-state index < -0.39 is 5.76 Å². The Hall–Kier alpha value is -3.21. The molecule has 0 bridgehead atoms. The number of para-hydroxylation sites is 1. The highest BCUT2D eigenvalue weighted by Crippen LogP contribution is 2.20. The fraction of sp³-hybridized carbons (Fsp3) is 0.0556. The summed E-state index contributed by atoms with van der Waals surface area (Å²) in [5.41, 5.74) is 2.67. The number of hydrogen-bond donors (Lipinski definition) is 0. The summed E-state index contributed by atoms with van der Waals surface area (Å²) < 4.78 is 6.40. The van der Waals surface area contributed by atoms with Crippen LogP contribution in [-0.4, -0.2) is 14.7 Å². The monoisotopic (exact) mass is 303 g/mol. The summed E-state index contributed by atoms with van der Waals surface area (Å²) in [6, 6.07) is 19.3. The van der Waals surface area contributed by atoms with Gasteiger partial charge in [-0.2, -0.15) is 0 Å². The van der Waals surface area contributed by atoms with Gasteiger partial charge in [0.2, 0.25) is 0 Å². The van der Waals surface area contributed by atoms with Gasteiger partial charge in [0.05, 0.1) is 12.1 Å². The van der Waals surface area contributed by atoms with Crippen LogP contribution in [0.4, 0.5) is 0 Å². The van der Waals surface area contributed by atoms with Gasteiger partial charge in [-0.05, 0) is 11.6 Å². The van der Waals surface area contributed by atoms with Crippen molar-refractivity contribution < 1.29 is 4.52 Å². The van der Waals surface area contributed by atoms with Gasteiger partial charge in [0.15, 0.2) is 5.82 Å². The largest absolute Gasteiger partial charge is 0.442 e. The van der Waals surface area contributed by atoms with Crippen molar-refractivity contribution in [2.75, 3.05) is 0 Å². The van der Waals surface area contributed by atoms with E-state index in [4.69, 9.17) is 4.52 Å². The third kappa shape index (κ3) is 2.42. The van der Waals surface area contributed by atoms with Gasteiger partial charge in [0.25, 0.3) is 0 Å². The molecular weight excluding hydrogens is 290 g/mol. The Morgan fingerprint density at radius 2 is 1.78 bits per heavy atom. The highest BCUT2D eigenvalue weighted by molar-refractivity contribution is 5.81. The number of hydrogen-bond acceptors (Lipinski definition) is 4. The first kappa shape index (κ1) is 13.5. The Balaban J connectivity index is 1.83. The minimum Gasteiger partial charge on any atom is -0.295 e. The van der Waals surface area contributed by atoms with E-state index in [0.29, 0.717) is 12.4 Å². The molecule has 0 saturated heterocycles. The third-order valence-electron chi connectivity index (χ3n) is 3.76. The van der Waals surface area contributed by atoms with Crippen LogP contribution in [0.2, 0.25) is 0 Å². The zero-order chi connectivity index (χ0) is 15.6. The fourth-order valence-corrected chi connectivity index (χ4v) is 2.67. The van der Waals surface area contributed by atoms with Gasteiger partial charge in [-0.25, -0.2) is 4.79 Å². The van der Waals surface area contributed by atoms with Crippen LogP contribution in [-0.2, 0) is 6.54 Å². The van der Waals surface area contributed by atoms with Gasteiger partial charge in [-0.15, -0.1) is 0 Å². The Morgan fingerprint density at radius 3 is 2.65 bits per heavy atom. The second-order valence-electron chi connectivity index (χ2n) is 5.22. The topological polar surface area (TPSA) is 60.9 Å². The second-order valence-corrected chi connectivity index (χ2v) is 5.22. The molecule has 4 aromatic rings. The molecule has 5 nitrogen and oxygen atoms in total. The summed E-state index contributed by atoms with van der Waals surface area (Å²) in [7, 11) is 0. The van der Waals surface area contributed by atoms with Crippen molar-refractivity contribution >= 4 is 10.9 Å². The molecule has 2 aromatic carbocycles. The van der Waals surface area contributed by atoms with Crippen LogP contribution >= 0.6 is 0 Å². The lowest BCUT2D eigenvalue weighted by Crippen LogP contribution is -2.16. The van der Waals surface area contributed by atoms with Crippen LogP contribution in [0.5, 0.6) is 0 Å². The lowest BCUT2D eigenvalue weighted by Gasteiger charge is -2.07. The number of fused-ring (bicyclic) bond motifs is 1. The summed E-state index contributed by atoms with van der Waals surface area (Å²) in [5, 5.41) is 4.96. The average Bonchev–Trinajstić information content (AvgIpc) is 2.97. The van der Waals surface area contributed by atoms with Crippen molar-refractivity contribution in [3.63, 3.8) is 0 Å². The molecule has 0 aliphatic rings. The molecule has 0 unspecified atom stereocenters. The number of nitrogens with zero attached hydrogens (tertiary/aromatic N) is 3. The lowest BCUT2D eigenvalue weighted by molar-refractivity contribution is 0.378. The molecule has 0 aliphatic carbocycles. The standard InChI is InChI=1S/C18H13N3O2/c22-18-21(17(20-23-18)14-6-2-1-3-7-14)12-15-9-4-8-13-10-5-11-19-16(13)15/h1-11H,12H2. The molecule has 0 aliphatic heterocycles. The van der Waals surface area contributed by atoms with E-state index in [9.17, 15) is 4.79 Å². The summed E-state index contributed by atoms with van der Waals surface area (Å²) in [5.74, 6) is 0.0420. The van der Waals surface area contributed by atoms with E-state index in [-0.39, 0.29) is 0 Å². The summed E-state index contributed by atoms with van der Waals surface area (Å²) in [4.78, 5) is 16.5. The van der Waals surface area contributed by atoms with Crippen molar-refractivity contribution in [2.45, 2.75) is 6.54 Å². The predicted molar refractivity (Wildman–Crippen MR) is 87.0 cm³/mol. The second kappa shape index (κ2) is 5.53. The molecule has 0 radical (unpaired) electrons. The molecule has 23 heavy (non-hydrogen) atoms. The van der Waals surface area contributed by atoms with Gasteiger partial charge in [0, 0.05) is 17.1 Å². The number of rotatable bonds is 3. The van der Waals surface area contributed by atoms with Gasteiger partial charge in [-0.3, -0.25) is 14.1 Å². The van der Waals surface area contributed by atoms with E-state index in [1.54, 1.807) is 6.20 Å². The normalized spacial score (nSPS) is 11.0. The fourth-order valence-electron chi connectivity index (χ4n) is 2.67. The molecule has 2 aromatic heterocycles. The van der Waals surface area contributed by atoms with Crippen LogP contribution < -0.4 is 5.76 Å². The van der Waals surface area contributed by atoms with Crippen LogP contribution in [0.1, 0.15) is 5.56 Å². The Bertz CT molecular complexity index is 1010. The van der Waals surface area contributed by atoms with E-state index >= 15 is 0 Å². The SMILES string of the molecule is O=c1onc(-c2ccccc2)n1Cc1cccc2cccnc12. The maximum Gasteiger partial charge on any atom is 0.442 e. The lowest BCUT2D eigenvalue weighted by atomic mass is 10.1. The molecular formula is C18H13N3O2. The smallest absolute Gasteiger partial charge is 0.295 e. The molecule has 0 saturated carbocycles. The van der Waals surface area contributed by atoms with Gasteiger partial charge in [-0.1, -0.05) is 59.8 Å². The quantitative estimate of drug-likeness (QED) is 0.583. The highest BCUT2D eigenvalue weighted by Gasteiger charge is 2.14. The van der Waals surface area contributed by atoms with E-state index in [0.717, 1.165) is 22.0 Å². The van der Waals surface area contributed by atoms with E-state index in [1.807, 2.05) is 60.7 Å². The summed E-state index contributed by atoms with van der Waals surface area (Å²) >= 11 is 0. The molecule has 112 valence electrons. The van der Waals surface area contributed by atoms with Crippen molar-refractivity contribution in [3.05, 3.63) is 83.0 Å². The number of pyridine rings is 1. The van der Waals surface area contributed by atoms with Gasteiger partial charge >= 0.3 is 5.76 Å². The predicted octanol–water partition coefficient (Wildman–Crippen LogP) is 3.10. The minimum absolute atomic E-state index is 0.362. The Labute approximate surface area is 131 Å². The zero-order valence-corrected chi connectivity index (χ0v) is 12.2. The summed E-state index contributed by atoms with van der Waals surface area (Å²) in [6.45, 7) is 0.362. The van der Waals surface area contributed by atoms with Crippen molar-refractivity contribution in [3.8, 4) is 11.4 Å². The van der Waals surface area contributed by atoms with Crippen LogP contribution in [0.15, 0.2) is 76.2 Å². The molecule has 0 N–H and O–H groups in total. The number of benzene rings is 2. The van der Waals surface area contributed by atoms with Crippen LogP contribution in [0, 0.1) is 0 Å². The van der Waals surface area contributed by atoms with Gasteiger partial charge in [0.1, 0.15) is 0 Å². The van der Waals surface area contributed by atoms with Crippen molar-refractivity contribution in [1.82, 2.24) is 14.7 Å². The average molecular weight is 303 g/mol. The first-order valence-corrected chi connectivity index (χ1v) is 7.27. The minimum atomic E-state index is -0.475. The Morgan fingerprint density at radius 1 is 0.957 bits per heavy atom. The maximum atomic E-state index is 12.1. The molecule has 4 rings (SSSR count). The van der Waals surface area contributed by atoms with Crippen molar-refractivity contribution in [1.29, 1.82) is 0 Å². The molecule has 0 fully saturated rings. The molecule has 0 spiro atoms. The maximum absolute atomic E-state index is 12.1. The van der Waals surface area contributed by atoms with Gasteiger partial charge < -0.3 is 0 Å².